The van der Waals surface area contributed by atoms with E-state index >= 15 is 0 Å². The minimum absolute atomic E-state index is 0.0437. The molecule has 0 aliphatic carbocycles. The minimum atomic E-state index is -0.912. The number of carbonyl (C=O) groups excluding carboxylic acids is 4. The molecule has 306 valence electrons. The maximum absolute atomic E-state index is 12.9. The van der Waals surface area contributed by atoms with E-state index in [0.717, 1.165) is 12.2 Å². The summed E-state index contributed by atoms with van der Waals surface area (Å²) in [4.78, 5) is 47.8. The van der Waals surface area contributed by atoms with Gasteiger partial charge in [0.1, 0.15) is 49.1 Å². The highest BCUT2D eigenvalue weighted by atomic mass is 16.7. The first-order valence-electron chi connectivity index (χ1n) is 18.4. The molecule has 56 heavy (non-hydrogen) atoms. The summed E-state index contributed by atoms with van der Waals surface area (Å²) in [6.07, 6.45) is 0.461. The number of fused-ring (bicyclic) bond motifs is 1. The Morgan fingerprint density at radius 2 is 0.982 bits per heavy atom. The van der Waals surface area contributed by atoms with E-state index in [1.165, 1.54) is 0 Å². The van der Waals surface area contributed by atoms with Crippen molar-refractivity contribution in [2.45, 2.75) is 62.3 Å². The zero-order chi connectivity index (χ0) is 40.1. The van der Waals surface area contributed by atoms with E-state index in [0.29, 0.717) is 74.7 Å². The van der Waals surface area contributed by atoms with Crippen molar-refractivity contribution in [2.24, 2.45) is 0 Å². The molecule has 2 N–H and O–H groups in total. The highest BCUT2D eigenvalue weighted by Crippen LogP contribution is 2.32. The molecule has 2 aromatic rings. The Morgan fingerprint density at radius 1 is 0.607 bits per heavy atom. The molecule has 0 bridgehead atoms. The molecule has 0 radical (unpaired) electrons. The molecular weight excluding hydrogens is 736 g/mol. The van der Waals surface area contributed by atoms with Crippen molar-refractivity contribution in [1.29, 1.82) is 0 Å². The van der Waals surface area contributed by atoms with Crippen LogP contribution < -0.4 is 9.47 Å². The normalized spacial score (nSPS) is 19.5. The van der Waals surface area contributed by atoms with Crippen molar-refractivity contribution in [3.8, 4) is 11.5 Å². The molecular formula is C40H50O16. The third kappa shape index (κ3) is 15.0. The smallest absolute Gasteiger partial charge is 0.338 e. The topological polar surface area (TPSA) is 201 Å². The number of aliphatic hydroxyl groups is 2. The van der Waals surface area contributed by atoms with Crippen LogP contribution in [0.3, 0.4) is 0 Å². The molecule has 2 aliphatic rings. The van der Waals surface area contributed by atoms with Crippen LogP contribution in [0, 0.1) is 0 Å². The number of carbonyl (C=O) groups is 4. The Labute approximate surface area is 325 Å². The van der Waals surface area contributed by atoms with Crippen LogP contribution in [0.1, 0.15) is 46.4 Å². The second kappa shape index (κ2) is 23.9. The van der Waals surface area contributed by atoms with E-state index < -0.39 is 60.5 Å². The predicted octanol–water partition coefficient (Wildman–Crippen LogP) is 2.77. The van der Waals surface area contributed by atoms with Gasteiger partial charge in [0.25, 0.3) is 0 Å². The van der Waals surface area contributed by atoms with Crippen molar-refractivity contribution in [3.63, 3.8) is 0 Å². The molecule has 2 aromatic carbocycles. The standard InChI is InChI=1S/C40H50O16/c1-3-35(43)51-23-29(41)21-47-17-5-7-19-49-31-13-9-27(10-14-31)39(45)55-33-25-53-38-34(26-54-37(33)38)56-40(46)28-11-15-32(16-12-28)50-20-8-6-18-48-22-30(42)24-52-36(44)4-2/h3-4,9-16,29-30,33-34,37-38,41-42H,1-2,5-8,17-26H2/t29?,30?,33-,34+,37-,38-/m1/s1. The molecule has 2 heterocycles. The monoisotopic (exact) mass is 786 g/mol. The van der Waals surface area contributed by atoms with E-state index in [-0.39, 0.29) is 39.6 Å². The summed E-state index contributed by atoms with van der Waals surface area (Å²) in [5.41, 5.74) is 0.652. The molecule has 2 unspecified atom stereocenters. The Hall–Kier alpha value is -4.84. The third-order valence-electron chi connectivity index (χ3n) is 8.35. The molecule has 16 heteroatoms. The van der Waals surface area contributed by atoms with E-state index in [1.807, 2.05) is 0 Å². The molecule has 0 spiro atoms. The largest absolute Gasteiger partial charge is 0.494 e. The van der Waals surface area contributed by atoms with E-state index in [1.54, 1.807) is 48.5 Å². The van der Waals surface area contributed by atoms with Crippen LogP contribution in [-0.4, -0.2) is 137 Å². The van der Waals surface area contributed by atoms with Gasteiger partial charge >= 0.3 is 23.9 Å². The van der Waals surface area contributed by atoms with Gasteiger partial charge in [0.05, 0.1) is 50.8 Å². The number of hydrogen-bond acceptors (Lipinski definition) is 16. The quantitative estimate of drug-likeness (QED) is 0.0610. The van der Waals surface area contributed by atoms with Crippen LogP contribution in [-0.2, 0) is 47.5 Å². The van der Waals surface area contributed by atoms with Gasteiger partial charge in [0, 0.05) is 25.4 Å². The summed E-state index contributed by atoms with van der Waals surface area (Å²) >= 11 is 0. The number of esters is 4. The summed E-state index contributed by atoms with van der Waals surface area (Å²) in [5.74, 6) is -1.15. The highest BCUT2D eigenvalue weighted by Gasteiger charge is 2.51. The summed E-state index contributed by atoms with van der Waals surface area (Å²) in [6.45, 7) is 8.17. The Balaban J connectivity index is 1.07. The summed E-state index contributed by atoms with van der Waals surface area (Å²) in [5, 5.41) is 19.5. The van der Waals surface area contributed by atoms with E-state index in [4.69, 9.17) is 47.4 Å². The Bertz CT molecular complexity index is 1430. The number of ether oxygens (including phenoxy) is 10. The van der Waals surface area contributed by atoms with Crippen molar-refractivity contribution < 1.29 is 76.8 Å². The molecule has 16 nitrogen and oxygen atoms in total. The first-order chi connectivity index (χ1) is 27.2. The van der Waals surface area contributed by atoms with Gasteiger partial charge in [0.15, 0.2) is 12.2 Å². The van der Waals surface area contributed by atoms with Crippen molar-refractivity contribution in [2.75, 3.05) is 66.1 Å². The lowest BCUT2D eigenvalue weighted by Crippen LogP contribution is -2.36. The summed E-state index contributed by atoms with van der Waals surface area (Å²) in [7, 11) is 0. The SMILES string of the molecule is C=CC(=O)OCC(O)COCCCCOc1ccc(C(=O)O[C@H]2CO[C@H]3[C@@H]2OC[C@H]3OC(=O)c2ccc(OCCCCOCC(O)COC(=O)C=C)cc2)cc1. The predicted molar refractivity (Wildman–Crippen MR) is 196 cm³/mol. The van der Waals surface area contributed by atoms with Gasteiger partial charge in [-0.05, 0) is 74.2 Å². The fraction of sp³-hybridized carbons (Fsp3) is 0.500. The zero-order valence-electron chi connectivity index (χ0n) is 31.2. The molecule has 0 aromatic heterocycles. The maximum atomic E-state index is 12.9. The highest BCUT2D eigenvalue weighted by molar-refractivity contribution is 5.90. The number of aliphatic hydroxyl groups excluding tert-OH is 2. The Morgan fingerprint density at radius 3 is 1.36 bits per heavy atom. The van der Waals surface area contributed by atoms with Crippen LogP contribution in [0.15, 0.2) is 73.8 Å². The molecule has 4 rings (SSSR count). The molecule has 6 atom stereocenters. The molecule has 2 fully saturated rings. The number of rotatable bonds is 26. The van der Waals surface area contributed by atoms with E-state index in [9.17, 15) is 29.4 Å². The van der Waals surface area contributed by atoms with Gasteiger partial charge in [-0.25, -0.2) is 19.2 Å². The average Bonchev–Trinajstić information content (AvgIpc) is 3.81. The average molecular weight is 787 g/mol. The second-order valence-electron chi connectivity index (χ2n) is 12.8. The van der Waals surface area contributed by atoms with Gasteiger partial charge in [-0.15, -0.1) is 0 Å². The van der Waals surface area contributed by atoms with Crippen LogP contribution in [0.5, 0.6) is 11.5 Å². The van der Waals surface area contributed by atoms with Crippen LogP contribution in [0.25, 0.3) is 0 Å². The van der Waals surface area contributed by atoms with Crippen LogP contribution in [0.4, 0.5) is 0 Å². The van der Waals surface area contributed by atoms with Crippen LogP contribution in [0.2, 0.25) is 0 Å². The molecule has 0 saturated carbocycles. The fourth-order valence-corrected chi connectivity index (χ4v) is 5.42. The van der Waals surface area contributed by atoms with Crippen molar-refractivity contribution in [1.82, 2.24) is 0 Å². The van der Waals surface area contributed by atoms with Gasteiger partial charge in [-0.2, -0.15) is 0 Å². The lowest BCUT2D eigenvalue weighted by molar-refractivity contribution is -0.142. The third-order valence-corrected chi connectivity index (χ3v) is 8.35. The zero-order valence-corrected chi connectivity index (χ0v) is 31.2. The Kier molecular flexibility index (Phi) is 18.8. The van der Waals surface area contributed by atoms with Crippen molar-refractivity contribution >= 4 is 23.9 Å². The molecule has 2 saturated heterocycles. The first-order valence-corrected chi connectivity index (χ1v) is 18.4. The molecule has 0 amide bonds. The van der Waals surface area contributed by atoms with Gasteiger partial charge < -0.3 is 57.6 Å². The van der Waals surface area contributed by atoms with Crippen molar-refractivity contribution in [3.05, 3.63) is 85.0 Å². The minimum Gasteiger partial charge on any atom is -0.494 e. The summed E-state index contributed by atoms with van der Waals surface area (Å²) < 4.78 is 54.8. The fourth-order valence-electron chi connectivity index (χ4n) is 5.42. The molecule has 2 aliphatic heterocycles. The van der Waals surface area contributed by atoms with Gasteiger partial charge in [-0.1, -0.05) is 13.2 Å². The number of unbranched alkanes of at least 4 members (excludes halogenated alkanes) is 2. The number of benzene rings is 2. The lowest BCUT2D eigenvalue weighted by atomic mass is 10.1. The lowest BCUT2D eigenvalue weighted by Gasteiger charge is -2.17. The maximum Gasteiger partial charge on any atom is 0.338 e. The summed E-state index contributed by atoms with van der Waals surface area (Å²) in [6, 6.07) is 13.1. The van der Waals surface area contributed by atoms with Gasteiger partial charge in [-0.3, -0.25) is 0 Å². The van der Waals surface area contributed by atoms with Gasteiger partial charge in [0.2, 0.25) is 0 Å². The number of hydrogen-bond donors (Lipinski definition) is 2. The first kappa shape index (κ1) is 43.9. The van der Waals surface area contributed by atoms with E-state index in [2.05, 4.69) is 13.2 Å². The van der Waals surface area contributed by atoms with Crippen LogP contribution >= 0.6 is 0 Å². The second-order valence-corrected chi connectivity index (χ2v) is 12.8.